The smallest absolute Gasteiger partial charge is 0.242 e. The number of H-pyrrole nitrogens is 1. The van der Waals surface area contributed by atoms with E-state index in [1.54, 1.807) is 4.90 Å². The Labute approximate surface area is 224 Å². The van der Waals surface area contributed by atoms with Crippen molar-refractivity contribution in [1.82, 2.24) is 14.8 Å². The summed E-state index contributed by atoms with van der Waals surface area (Å²) < 4.78 is 0. The number of nitrogens with one attached hydrogen (secondary N) is 1. The van der Waals surface area contributed by atoms with E-state index in [1.807, 2.05) is 67.7 Å². The maximum absolute atomic E-state index is 13.8. The van der Waals surface area contributed by atoms with E-state index in [9.17, 15) is 9.59 Å². The number of carbonyl (C=O) groups is 2. The van der Waals surface area contributed by atoms with E-state index in [4.69, 9.17) is 0 Å². The Hall–Kier alpha value is -4.06. The molecular formula is C32H36N4O2. The molecule has 0 saturated heterocycles. The number of aromatic amines is 1. The molecule has 1 fully saturated rings. The fourth-order valence-corrected chi connectivity index (χ4v) is 4.87. The molecule has 1 aromatic heterocycles. The van der Waals surface area contributed by atoms with Gasteiger partial charge >= 0.3 is 0 Å². The minimum absolute atomic E-state index is 0.0218. The summed E-state index contributed by atoms with van der Waals surface area (Å²) in [7, 11) is 4.04. The summed E-state index contributed by atoms with van der Waals surface area (Å²) in [6.45, 7) is 1.63. The third kappa shape index (κ3) is 6.25. The number of rotatable bonds is 11. The van der Waals surface area contributed by atoms with Gasteiger partial charge in [-0.05, 0) is 54.2 Å². The van der Waals surface area contributed by atoms with Crippen LogP contribution in [-0.2, 0) is 29.1 Å². The molecule has 1 saturated carbocycles. The SMILES string of the molecule is CN(C)c1ccc(CN(CCc2c[nH]c3ccccc23)C(=O)CN(Cc2ccccc2)C(=O)C2CC2)cc1. The minimum atomic E-state index is -0.0218. The molecule has 2 amide bonds. The van der Waals surface area contributed by atoms with Crippen LogP contribution < -0.4 is 4.90 Å². The van der Waals surface area contributed by atoms with Crippen LogP contribution in [0.1, 0.15) is 29.5 Å². The summed E-state index contributed by atoms with van der Waals surface area (Å²) in [5.41, 5.74) is 5.53. The average Bonchev–Trinajstić information content (AvgIpc) is 3.71. The van der Waals surface area contributed by atoms with Crippen molar-refractivity contribution in [3.63, 3.8) is 0 Å². The predicted molar refractivity (Wildman–Crippen MR) is 153 cm³/mol. The molecule has 4 aromatic rings. The molecule has 1 aliphatic carbocycles. The van der Waals surface area contributed by atoms with Crippen LogP contribution in [0.15, 0.2) is 85.1 Å². The van der Waals surface area contributed by atoms with Gasteiger partial charge in [0.25, 0.3) is 0 Å². The molecule has 0 unspecified atom stereocenters. The lowest BCUT2D eigenvalue weighted by atomic mass is 10.1. The number of para-hydroxylation sites is 1. The first kappa shape index (κ1) is 25.6. The Morgan fingerprint density at radius 3 is 2.18 bits per heavy atom. The Balaban J connectivity index is 1.35. The fraction of sp³-hybridized carbons (Fsp3) is 0.312. The van der Waals surface area contributed by atoms with Gasteiger partial charge in [0.2, 0.25) is 11.8 Å². The zero-order valence-electron chi connectivity index (χ0n) is 22.3. The lowest BCUT2D eigenvalue weighted by Gasteiger charge is -2.28. The Bertz CT molecular complexity index is 1370. The van der Waals surface area contributed by atoms with E-state index in [0.29, 0.717) is 19.6 Å². The molecule has 196 valence electrons. The van der Waals surface area contributed by atoms with Crippen molar-refractivity contribution in [3.8, 4) is 0 Å². The van der Waals surface area contributed by atoms with Crippen molar-refractivity contribution < 1.29 is 9.59 Å². The number of anilines is 1. The molecule has 0 radical (unpaired) electrons. The van der Waals surface area contributed by atoms with Gasteiger partial charge in [-0.1, -0.05) is 60.7 Å². The average molecular weight is 509 g/mol. The van der Waals surface area contributed by atoms with Crippen LogP contribution in [0.2, 0.25) is 0 Å². The molecule has 1 aliphatic rings. The highest BCUT2D eigenvalue weighted by Gasteiger charge is 2.34. The molecule has 6 nitrogen and oxygen atoms in total. The number of aromatic nitrogens is 1. The monoisotopic (exact) mass is 508 g/mol. The van der Waals surface area contributed by atoms with Crippen LogP contribution in [-0.4, -0.2) is 53.8 Å². The van der Waals surface area contributed by atoms with Gasteiger partial charge in [-0.3, -0.25) is 9.59 Å². The van der Waals surface area contributed by atoms with E-state index in [0.717, 1.165) is 41.6 Å². The van der Waals surface area contributed by atoms with Crippen LogP contribution >= 0.6 is 0 Å². The molecule has 0 aliphatic heterocycles. The summed E-state index contributed by atoms with van der Waals surface area (Å²) in [5, 5.41) is 1.19. The van der Waals surface area contributed by atoms with Gasteiger partial charge in [0.05, 0.1) is 0 Å². The molecule has 0 spiro atoms. The van der Waals surface area contributed by atoms with Gasteiger partial charge in [0, 0.05) is 62.4 Å². The third-order valence-corrected chi connectivity index (χ3v) is 7.29. The second-order valence-electron chi connectivity index (χ2n) is 10.4. The second kappa shape index (κ2) is 11.5. The highest BCUT2D eigenvalue weighted by atomic mass is 16.2. The molecule has 0 atom stereocenters. The van der Waals surface area contributed by atoms with Gasteiger partial charge in [0.1, 0.15) is 6.54 Å². The molecule has 1 heterocycles. The topological polar surface area (TPSA) is 59.7 Å². The van der Waals surface area contributed by atoms with Crippen molar-refractivity contribution in [1.29, 1.82) is 0 Å². The van der Waals surface area contributed by atoms with Gasteiger partial charge < -0.3 is 19.7 Å². The molecular weight excluding hydrogens is 472 g/mol. The largest absolute Gasteiger partial charge is 0.378 e. The van der Waals surface area contributed by atoms with Gasteiger partial charge in [-0.25, -0.2) is 0 Å². The number of carbonyl (C=O) groups excluding carboxylic acids is 2. The van der Waals surface area contributed by atoms with E-state index in [2.05, 4.69) is 46.3 Å². The maximum atomic E-state index is 13.8. The number of hydrogen-bond acceptors (Lipinski definition) is 3. The molecule has 0 bridgehead atoms. The van der Waals surface area contributed by atoms with E-state index in [1.165, 1.54) is 10.9 Å². The molecule has 6 heteroatoms. The molecule has 38 heavy (non-hydrogen) atoms. The van der Waals surface area contributed by atoms with Crippen molar-refractivity contribution in [2.24, 2.45) is 5.92 Å². The molecule has 5 rings (SSSR count). The number of nitrogens with zero attached hydrogens (tertiary/aromatic N) is 3. The first-order valence-corrected chi connectivity index (χ1v) is 13.4. The zero-order chi connectivity index (χ0) is 26.5. The Morgan fingerprint density at radius 1 is 0.816 bits per heavy atom. The Morgan fingerprint density at radius 2 is 1.47 bits per heavy atom. The van der Waals surface area contributed by atoms with E-state index < -0.39 is 0 Å². The lowest BCUT2D eigenvalue weighted by Crippen LogP contribution is -2.43. The maximum Gasteiger partial charge on any atom is 0.242 e. The van der Waals surface area contributed by atoms with E-state index >= 15 is 0 Å². The fourth-order valence-electron chi connectivity index (χ4n) is 4.87. The number of benzene rings is 3. The molecule has 3 aromatic carbocycles. The summed E-state index contributed by atoms with van der Waals surface area (Å²) in [4.78, 5) is 36.0. The third-order valence-electron chi connectivity index (χ3n) is 7.29. The summed E-state index contributed by atoms with van der Waals surface area (Å²) in [6, 6.07) is 26.5. The van der Waals surface area contributed by atoms with Gasteiger partial charge in [-0.15, -0.1) is 0 Å². The van der Waals surface area contributed by atoms with Crippen LogP contribution in [0.4, 0.5) is 5.69 Å². The van der Waals surface area contributed by atoms with Crippen LogP contribution in [0, 0.1) is 5.92 Å². The first-order chi connectivity index (χ1) is 18.5. The quantitative estimate of drug-likeness (QED) is 0.301. The standard InChI is InChI=1S/C32H36N4O2/c1-34(2)28-16-12-25(13-17-28)21-35(19-18-27-20-33-30-11-7-6-10-29(27)30)31(37)23-36(32(38)26-14-15-26)22-24-8-4-3-5-9-24/h3-13,16-17,20,26,33H,14-15,18-19,21-23H2,1-2H3. The van der Waals surface area contributed by atoms with Crippen LogP contribution in [0.3, 0.4) is 0 Å². The molecule has 1 N–H and O–H groups in total. The summed E-state index contributed by atoms with van der Waals surface area (Å²) >= 11 is 0. The van der Waals surface area contributed by atoms with Crippen molar-refractivity contribution in [2.45, 2.75) is 32.4 Å². The zero-order valence-corrected chi connectivity index (χ0v) is 22.3. The second-order valence-corrected chi connectivity index (χ2v) is 10.4. The lowest BCUT2D eigenvalue weighted by molar-refractivity contribution is -0.142. The highest BCUT2D eigenvalue weighted by Crippen LogP contribution is 2.31. The Kier molecular flexibility index (Phi) is 7.78. The van der Waals surface area contributed by atoms with Gasteiger partial charge in [0.15, 0.2) is 0 Å². The highest BCUT2D eigenvalue weighted by molar-refractivity contribution is 5.87. The summed E-state index contributed by atoms with van der Waals surface area (Å²) in [5.74, 6) is 0.130. The van der Waals surface area contributed by atoms with E-state index in [-0.39, 0.29) is 24.3 Å². The van der Waals surface area contributed by atoms with Crippen molar-refractivity contribution in [3.05, 3.63) is 102 Å². The normalized spacial score (nSPS) is 12.9. The predicted octanol–water partition coefficient (Wildman–Crippen LogP) is 5.24. The number of fused-ring (bicyclic) bond motifs is 1. The van der Waals surface area contributed by atoms with Crippen LogP contribution in [0.5, 0.6) is 0 Å². The number of amides is 2. The first-order valence-electron chi connectivity index (χ1n) is 13.4. The summed E-state index contributed by atoms with van der Waals surface area (Å²) in [6.07, 6.45) is 4.61. The van der Waals surface area contributed by atoms with Crippen molar-refractivity contribution >= 4 is 28.4 Å². The van der Waals surface area contributed by atoms with Crippen LogP contribution in [0.25, 0.3) is 10.9 Å². The van der Waals surface area contributed by atoms with Gasteiger partial charge in [-0.2, -0.15) is 0 Å². The minimum Gasteiger partial charge on any atom is -0.378 e. The van der Waals surface area contributed by atoms with Crippen molar-refractivity contribution in [2.75, 3.05) is 32.1 Å². The number of hydrogen-bond donors (Lipinski definition) is 1.